The lowest BCUT2D eigenvalue weighted by Gasteiger charge is -2.42. The second-order valence-corrected chi connectivity index (χ2v) is 8.14. The molecule has 1 saturated heterocycles. The Kier molecular flexibility index (Phi) is 3.52. The number of piperidine rings is 1. The van der Waals surface area contributed by atoms with Crippen LogP contribution >= 0.6 is 0 Å². The third-order valence-electron chi connectivity index (χ3n) is 6.64. The smallest absolute Gasteiger partial charge is 0.231 e. The highest BCUT2D eigenvalue weighted by molar-refractivity contribution is 6.12. The summed E-state index contributed by atoms with van der Waals surface area (Å²) in [5.74, 6) is 2.50. The lowest BCUT2D eigenvalue weighted by Crippen LogP contribution is -2.48. The Labute approximate surface area is 163 Å². The molecule has 0 bridgehead atoms. The van der Waals surface area contributed by atoms with Crippen molar-refractivity contribution in [3.63, 3.8) is 0 Å². The molecule has 144 valence electrons. The summed E-state index contributed by atoms with van der Waals surface area (Å²) in [6.07, 6.45) is 2.75. The number of fused-ring (bicyclic) bond motifs is 8. The van der Waals surface area contributed by atoms with Crippen LogP contribution in [-0.4, -0.2) is 42.6 Å². The highest BCUT2D eigenvalue weighted by Gasteiger charge is 2.34. The Balaban J connectivity index is 1.65. The van der Waals surface area contributed by atoms with Crippen molar-refractivity contribution >= 4 is 21.5 Å². The summed E-state index contributed by atoms with van der Waals surface area (Å²) in [4.78, 5) is 2.46. The van der Waals surface area contributed by atoms with Crippen LogP contribution in [-0.2, 0) is 13.0 Å². The molecular weight excluding hydrogens is 354 g/mol. The Morgan fingerprint density at radius 3 is 2.57 bits per heavy atom. The van der Waals surface area contributed by atoms with E-state index in [4.69, 9.17) is 14.2 Å². The van der Waals surface area contributed by atoms with Crippen molar-refractivity contribution in [3.8, 4) is 17.2 Å². The van der Waals surface area contributed by atoms with Crippen molar-refractivity contribution in [1.82, 2.24) is 4.90 Å². The van der Waals surface area contributed by atoms with Gasteiger partial charge in [-0.05, 0) is 76.2 Å². The molecule has 3 aliphatic heterocycles. The van der Waals surface area contributed by atoms with Crippen molar-refractivity contribution < 1.29 is 19.3 Å². The molecule has 0 amide bonds. The topological polar surface area (TPSA) is 51.2 Å². The van der Waals surface area contributed by atoms with Gasteiger partial charge in [-0.3, -0.25) is 4.90 Å². The zero-order valence-electron chi connectivity index (χ0n) is 15.9. The SMILES string of the molecule is COc1ccc2c3c(c4cc5c(cc4c2c1)OCO5)CC1CC[C@H](O)CN1C3. The summed E-state index contributed by atoms with van der Waals surface area (Å²) in [7, 11) is 1.70. The predicted molar refractivity (Wildman–Crippen MR) is 107 cm³/mol. The maximum Gasteiger partial charge on any atom is 0.231 e. The van der Waals surface area contributed by atoms with Crippen molar-refractivity contribution in [2.45, 2.75) is 38.0 Å². The number of ether oxygens (including phenoxy) is 3. The molecule has 1 fully saturated rings. The summed E-state index contributed by atoms with van der Waals surface area (Å²) in [6.45, 7) is 1.93. The van der Waals surface area contributed by atoms with Gasteiger partial charge in [-0.25, -0.2) is 0 Å². The predicted octanol–water partition coefficient (Wildman–Crippen LogP) is 3.61. The molecule has 0 aliphatic carbocycles. The number of methoxy groups -OCH3 is 1. The van der Waals surface area contributed by atoms with E-state index in [2.05, 4.69) is 29.2 Å². The Hall–Kier alpha value is -2.50. The van der Waals surface area contributed by atoms with Crippen LogP contribution in [0.25, 0.3) is 21.5 Å². The third-order valence-corrected chi connectivity index (χ3v) is 6.64. The van der Waals surface area contributed by atoms with E-state index in [9.17, 15) is 5.11 Å². The first-order valence-electron chi connectivity index (χ1n) is 9.98. The Morgan fingerprint density at radius 2 is 1.75 bits per heavy atom. The molecule has 6 rings (SSSR count). The van der Waals surface area contributed by atoms with Crippen LogP contribution in [0.5, 0.6) is 17.2 Å². The van der Waals surface area contributed by atoms with E-state index in [1.165, 1.54) is 32.7 Å². The fraction of sp³-hybridized carbons (Fsp3) is 0.391. The third kappa shape index (κ3) is 2.33. The minimum absolute atomic E-state index is 0.210. The molecule has 3 heterocycles. The van der Waals surface area contributed by atoms with E-state index in [1.54, 1.807) is 7.11 Å². The van der Waals surface area contributed by atoms with Gasteiger partial charge in [0.25, 0.3) is 0 Å². The minimum Gasteiger partial charge on any atom is -0.497 e. The van der Waals surface area contributed by atoms with Gasteiger partial charge in [-0.2, -0.15) is 0 Å². The number of hydrogen-bond donors (Lipinski definition) is 1. The van der Waals surface area contributed by atoms with Crippen molar-refractivity contribution in [2.75, 3.05) is 20.4 Å². The maximum atomic E-state index is 10.2. The molecule has 0 spiro atoms. The summed E-state index contributed by atoms with van der Waals surface area (Å²) in [6, 6.07) is 11.1. The normalized spacial score (nSPS) is 23.6. The highest BCUT2D eigenvalue weighted by atomic mass is 16.7. The number of aliphatic hydroxyl groups is 1. The summed E-state index contributed by atoms with van der Waals surface area (Å²) in [5, 5.41) is 15.1. The molecule has 1 N–H and O–H groups in total. The minimum atomic E-state index is -0.210. The first kappa shape index (κ1) is 16.5. The van der Waals surface area contributed by atoms with Gasteiger partial charge >= 0.3 is 0 Å². The van der Waals surface area contributed by atoms with Gasteiger partial charge in [0.1, 0.15) is 5.75 Å². The van der Waals surface area contributed by atoms with Crippen LogP contribution in [0.3, 0.4) is 0 Å². The molecule has 0 saturated carbocycles. The molecular formula is C23H23NO4. The molecule has 2 atom stereocenters. The first-order valence-corrected chi connectivity index (χ1v) is 9.98. The van der Waals surface area contributed by atoms with E-state index in [-0.39, 0.29) is 12.9 Å². The maximum absolute atomic E-state index is 10.2. The molecule has 3 aromatic rings. The van der Waals surface area contributed by atoms with Gasteiger partial charge < -0.3 is 19.3 Å². The molecule has 0 aromatic heterocycles. The van der Waals surface area contributed by atoms with Crippen LogP contribution in [0, 0.1) is 0 Å². The van der Waals surface area contributed by atoms with Gasteiger partial charge in [0.05, 0.1) is 13.2 Å². The van der Waals surface area contributed by atoms with E-state index in [1.807, 2.05) is 6.07 Å². The molecule has 5 nitrogen and oxygen atoms in total. The largest absolute Gasteiger partial charge is 0.497 e. The van der Waals surface area contributed by atoms with E-state index >= 15 is 0 Å². The summed E-state index contributed by atoms with van der Waals surface area (Å²) < 4.78 is 16.9. The fourth-order valence-corrected chi connectivity index (χ4v) is 5.23. The highest BCUT2D eigenvalue weighted by Crippen LogP contribution is 2.45. The summed E-state index contributed by atoms with van der Waals surface area (Å²) >= 11 is 0. The standard InChI is InChI=1S/C23H23NO4/c1-26-15-4-5-16-18(7-15)20-9-23-22(27-12-28-23)8-19(20)17-6-13-2-3-14(25)10-24(13)11-21(16)17/h4-5,7-9,13-14,25H,2-3,6,10-12H2,1H3/t13?,14-/m0/s1. The second kappa shape index (κ2) is 6.00. The number of nitrogens with zero attached hydrogens (tertiary/aromatic N) is 1. The van der Waals surface area contributed by atoms with E-state index in [0.717, 1.165) is 49.6 Å². The molecule has 3 aliphatic rings. The quantitative estimate of drug-likeness (QED) is 0.657. The van der Waals surface area contributed by atoms with Crippen molar-refractivity contribution in [3.05, 3.63) is 41.5 Å². The van der Waals surface area contributed by atoms with Crippen molar-refractivity contribution in [2.24, 2.45) is 0 Å². The van der Waals surface area contributed by atoms with Crippen LogP contribution < -0.4 is 14.2 Å². The average Bonchev–Trinajstić information content (AvgIpc) is 3.18. The zero-order chi connectivity index (χ0) is 18.8. The average molecular weight is 377 g/mol. The van der Waals surface area contributed by atoms with E-state index < -0.39 is 0 Å². The molecule has 0 radical (unpaired) electrons. The number of benzene rings is 3. The monoisotopic (exact) mass is 377 g/mol. The number of hydrogen-bond acceptors (Lipinski definition) is 5. The fourth-order valence-electron chi connectivity index (χ4n) is 5.23. The van der Waals surface area contributed by atoms with Gasteiger partial charge in [0, 0.05) is 19.1 Å². The number of rotatable bonds is 1. The van der Waals surface area contributed by atoms with Crippen LogP contribution in [0.2, 0.25) is 0 Å². The van der Waals surface area contributed by atoms with Crippen LogP contribution in [0.4, 0.5) is 0 Å². The van der Waals surface area contributed by atoms with Crippen LogP contribution in [0.1, 0.15) is 24.0 Å². The molecule has 1 unspecified atom stereocenters. The van der Waals surface area contributed by atoms with Crippen LogP contribution in [0.15, 0.2) is 30.3 Å². The van der Waals surface area contributed by atoms with Gasteiger partial charge in [0.15, 0.2) is 11.5 Å². The first-order chi connectivity index (χ1) is 13.7. The zero-order valence-corrected chi connectivity index (χ0v) is 15.9. The molecule has 28 heavy (non-hydrogen) atoms. The lowest BCUT2D eigenvalue weighted by molar-refractivity contribution is 0.0256. The number of aliphatic hydroxyl groups excluding tert-OH is 1. The van der Waals surface area contributed by atoms with Gasteiger partial charge in [0.2, 0.25) is 6.79 Å². The summed E-state index contributed by atoms with van der Waals surface area (Å²) in [5.41, 5.74) is 2.79. The molecule has 3 aromatic carbocycles. The van der Waals surface area contributed by atoms with Gasteiger partial charge in [-0.15, -0.1) is 0 Å². The van der Waals surface area contributed by atoms with Gasteiger partial charge in [-0.1, -0.05) is 6.07 Å². The Morgan fingerprint density at radius 1 is 0.964 bits per heavy atom. The van der Waals surface area contributed by atoms with Crippen molar-refractivity contribution in [1.29, 1.82) is 0 Å². The Bertz CT molecular complexity index is 1110. The lowest BCUT2D eigenvalue weighted by atomic mass is 9.82. The van der Waals surface area contributed by atoms with E-state index in [0.29, 0.717) is 6.04 Å². The molecule has 5 heteroatoms. The second-order valence-electron chi connectivity index (χ2n) is 8.14.